The molecular weight excluding hydrogens is 207 g/mol. The first kappa shape index (κ1) is 12.6. The van der Waals surface area contributed by atoms with Gasteiger partial charge in [0.05, 0.1) is 6.42 Å². The largest absolute Gasteiger partial charge is 0.299 e. The number of halogens is 1. The molecule has 86 valence electrons. The van der Waals surface area contributed by atoms with E-state index in [1.807, 2.05) is 0 Å². The number of hydrogen-bond donors (Lipinski definition) is 0. The maximum Gasteiger partial charge on any atom is 0.170 e. The molecule has 0 aliphatic rings. The average Bonchev–Trinajstić information content (AvgIpc) is 2.16. The highest BCUT2D eigenvalue weighted by atomic mass is 19.1. The topological polar surface area (TPSA) is 34.1 Å². The Hall–Kier alpha value is -1.51. The predicted octanol–water partition coefficient (Wildman–Crippen LogP) is 3.01. The molecule has 3 heteroatoms. The second kappa shape index (κ2) is 4.56. The van der Waals surface area contributed by atoms with Gasteiger partial charge in [-0.25, -0.2) is 4.39 Å². The highest BCUT2D eigenvalue weighted by Crippen LogP contribution is 2.18. The molecule has 1 rings (SSSR count). The lowest BCUT2D eigenvalue weighted by molar-refractivity contribution is -0.125. The summed E-state index contributed by atoms with van der Waals surface area (Å²) in [7, 11) is 0. The van der Waals surface area contributed by atoms with Gasteiger partial charge in [0.1, 0.15) is 11.6 Å². The van der Waals surface area contributed by atoms with Crippen LogP contribution >= 0.6 is 0 Å². The van der Waals surface area contributed by atoms with E-state index in [0.29, 0.717) is 0 Å². The minimum absolute atomic E-state index is 0.137. The van der Waals surface area contributed by atoms with E-state index < -0.39 is 11.2 Å². The molecule has 0 bridgehead atoms. The minimum atomic E-state index is -0.539. The normalized spacial score (nSPS) is 11.2. The summed E-state index contributed by atoms with van der Waals surface area (Å²) in [5, 5.41) is 0. The van der Waals surface area contributed by atoms with E-state index in [2.05, 4.69) is 0 Å². The molecular formula is C13H15FO2. The van der Waals surface area contributed by atoms with E-state index in [1.54, 1.807) is 20.8 Å². The Kier molecular flexibility index (Phi) is 3.58. The third-order valence-electron chi connectivity index (χ3n) is 2.30. The molecule has 16 heavy (non-hydrogen) atoms. The van der Waals surface area contributed by atoms with Crippen LogP contribution in [0.15, 0.2) is 24.3 Å². The van der Waals surface area contributed by atoms with Crippen LogP contribution in [-0.4, -0.2) is 11.6 Å². The first-order chi connectivity index (χ1) is 7.30. The maximum absolute atomic E-state index is 12.9. The van der Waals surface area contributed by atoms with Gasteiger partial charge in [-0.3, -0.25) is 9.59 Å². The van der Waals surface area contributed by atoms with Crippen LogP contribution in [0.3, 0.4) is 0 Å². The Morgan fingerprint density at radius 2 is 1.88 bits per heavy atom. The molecule has 0 N–H and O–H groups in total. The van der Waals surface area contributed by atoms with Crippen molar-refractivity contribution in [2.45, 2.75) is 27.2 Å². The van der Waals surface area contributed by atoms with Gasteiger partial charge in [0.25, 0.3) is 0 Å². The Bertz CT molecular complexity index is 416. The Morgan fingerprint density at radius 3 is 2.38 bits per heavy atom. The van der Waals surface area contributed by atoms with Crippen molar-refractivity contribution in [3.8, 4) is 0 Å². The van der Waals surface area contributed by atoms with Gasteiger partial charge in [0.2, 0.25) is 0 Å². The van der Waals surface area contributed by atoms with Gasteiger partial charge in [-0.1, -0.05) is 32.9 Å². The summed E-state index contributed by atoms with van der Waals surface area (Å²) >= 11 is 0. The van der Waals surface area contributed by atoms with Gasteiger partial charge in [-0.05, 0) is 12.1 Å². The number of ketones is 2. The lowest BCUT2D eigenvalue weighted by atomic mass is 9.87. The number of hydrogen-bond acceptors (Lipinski definition) is 2. The van der Waals surface area contributed by atoms with Crippen molar-refractivity contribution >= 4 is 11.6 Å². The Balaban J connectivity index is 2.78. The summed E-state index contributed by atoms with van der Waals surface area (Å²) in [5.41, 5.74) is -0.291. The zero-order valence-corrected chi connectivity index (χ0v) is 9.71. The first-order valence-corrected chi connectivity index (χ1v) is 5.13. The van der Waals surface area contributed by atoms with E-state index in [-0.39, 0.29) is 23.6 Å². The fourth-order valence-corrected chi connectivity index (χ4v) is 1.17. The van der Waals surface area contributed by atoms with Gasteiger partial charge in [0.15, 0.2) is 5.78 Å². The molecule has 0 spiro atoms. The van der Waals surface area contributed by atoms with E-state index in [1.165, 1.54) is 18.2 Å². The Morgan fingerprint density at radius 1 is 1.25 bits per heavy atom. The van der Waals surface area contributed by atoms with E-state index in [4.69, 9.17) is 0 Å². The molecule has 0 amide bonds. The van der Waals surface area contributed by atoms with Crippen LogP contribution in [-0.2, 0) is 4.79 Å². The molecule has 0 aliphatic heterocycles. The number of benzene rings is 1. The monoisotopic (exact) mass is 222 g/mol. The summed E-state index contributed by atoms with van der Waals surface area (Å²) in [6, 6.07) is 5.39. The third-order valence-corrected chi connectivity index (χ3v) is 2.30. The molecule has 0 saturated heterocycles. The molecule has 1 aromatic rings. The second-order valence-corrected chi connectivity index (χ2v) is 4.78. The molecule has 1 aromatic carbocycles. The van der Waals surface area contributed by atoms with Crippen molar-refractivity contribution in [3.63, 3.8) is 0 Å². The SMILES string of the molecule is CC(C)(C)C(=O)CC(=O)c1cccc(F)c1. The molecule has 0 fully saturated rings. The summed E-state index contributed by atoms with van der Waals surface area (Å²) < 4.78 is 12.9. The maximum atomic E-state index is 12.9. The zero-order chi connectivity index (χ0) is 12.3. The quantitative estimate of drug-likeness (QED) is 0.582. The van der Waals surface area contributed by atoms with Gasteiger partial charge < -0.3 is 0 Å². The molecule has 0 saturated carbocycles. The van der Waals surface area contributed by atoms with Crippen molar-refractivity contribution in [2.24, 2.45) is 5.41 Å². The van der Waals surface area contributed by atoms with Crippen LogP contribution in [0.4, 0.5) is 4.39 Å². The van der Waals surface area contributed by atoms with Crippen LogP contribution in [0.5, 0.6) is 0 Å². The smallest absolute Gasteiger partial charge is 0.170 e. The average molecular weight is 222 g/mol. The number of carbonyl (C=O) groups is 2. The van der Waals surface area contributed by atoms with Gasteiger partial charge in [-0.15, -0.1) is 0 Å². The molecule has 2 nitrogen and oxygen atoms in total. The zero-order valence-electron chi connectivity index (χ0n) is 9.71. The molecule has 0 radical (unpaired) electrons. The third kappa shape index (κ3) is 3.26. The summed E-state index contributed by atoms with van der Waals surface area (Å²) in [6.07, 6.45) is -0.174. The van der Waals surface area contributed by atoms with Crippen molar-refractivity contribution in [3.05, 3.63) is 35.6 Å². The number of carbonyl (C=O) groups excluding carboxylic acids is 2. The number of rotatable bonds is 3. The molecule has 0 atom stereocenters. The summed E-state index contributed by atoms with van der Waals surface area (Å²) in [6.45, 7) is 5.27. The Labute approximate surface area is 94.5 Å². The standard InChI is InChI=1S/C13H15FO2/c1-13(2,3)12(16)8-11(15)9-5-4-6-10(14)7-9/h4-7H,8H2,1-3H3. The van der Waals surface area contributed by atoms with Crippen molar-refractivity contribution < 1.29 is 14.0 Å². The highest BCUT2D eigenvalue weighted by Gasteiger charge is 2.24. The number of Topliss-reactive ketones (excluding diaryl/α,β-unsaturated/α-hetero) is 2. The van der Waals surface area contributed by atoms with Crippen molar-refractivity contribution in [2.75, 3.05) is 0 Å². The van der Waals surface area contributed by atoms with Crippen LogP contribution in [0, 0.1) is 11.2 Å². The first-order valence-electron chi connectivity index (χ1n) is 5.13. The lowest BCUT2D eigenvalue weighted by Crippen LogP contribution is -2.23. The van der Waals surface area contributed by atoms with E-state index >= 15 is 0 Å². The lowest BCUT2D eigenvalue weighted by Gasteiger charge is -2.15. The van der Waals surface area contributed by atoms with E-state index in [0.717, 1.165) is 6.07 Å². The van der Waals surface area contributed by atoms with Gasteiger partial charge in [0, 0.05) is 11.0 Å². The summed E-state index contributed by atoms with van der Waals surface area (Å²) in [4.78, 5) is 23.3. The van der Waals surface area contributed by atoms with Gasteiger partial charge in [-0.2, -0.15) is 0 Å². The van der Waals surface area contributed by atoms with Gasteiger partial charge >= 0.3 is 0 Å². The van der Waals surface area contributed by atoms with Crippen LogP contribution in [0.1, 0.15) is 37.6 Å². The molecule has 0 aromatic heterocycles. The fourth-order valence-electron chi connectivity index (χ4n) is 1.17. The van der Waals surface area contributed by atoms with Crippen molar-refractivity contribution in [1.82, 2.24) is 0 Å². The highest BCUT2D eigenvalue weighted by molar-refractivity contribution is 6.09. The summed E-state index contributed by atoms with van der Waals surface area (Å²) in [5.74, 6) is -0.935. The van der Waals surface area contributed by atoms with Crippen LogP contribution in [0.25, 0.3) is 0 Å². The minimum Gasteiger partial charge on any atom is -0.299 e. The molecule has 0 aliphatic carbocycles. The van der Waals surface area contributed by atoms with Crippen LogP contribution in [0.2, 0.25) is 0 Å². The molecule has 0 heterocycles. The van der Waals surface area contributed by atoms with E-state index in [9.17, 15) is 14.0 Å². The molecule has 0 unspecified atom stereocenters. The van der Waals surface area contributed by atoms with Crippen molar-refractivity contribution in [1.29, 1.82) is 0 Å². The second-order valence-electron chi connectivity index (χ2n) is 4.78. The predicted molar refractivity (Wildman–Crippen MR) is 59.8 cm³/mol. The van der Waals surface area contributed by atoms with Crippen LogP contribution < -0.4 is 0 Å². The fraction of sp³-hybridized carbons (Fsp3) is 0.385.